The van der Waals surface area contributed by atoms with Crippen molar-refractivity contribution in [2.75, 3.05) is 38.3 Å². The molecule has 1 aromatic carbocycles. The SMILES string of the molecule is COCCN(CCO)c1cc(C(N)=O)ccc1[N+](=O)[O-]. The highest BCUT2D eigenvalue weighted by molar-refractivity contribution is 5.94. The Morgan fingerprint density at radius 2 is 2.20 bits per heavy atom. The van der Waals surface area contributed by atoms with Gasteiger partial charge in [-0.2, -0.15) is 0 Å². The molecule has 3 N–H and O–H groups in total. The van der Waals surface area contributed by atoms with Gasteiger partial charge >= 0.3 is 0 Å². The number of hydrogen-bond donors (Lipinski definition) is 2. The molecule has 0 saturated heterocycles. The van der Waals surface area contributed by atoms with Crippen LogP contribution in [0.4, 0.5) is 11.4 Å². The van der Waals surface area contributed by atoms with Crippen LogP contribution in [0.5, 0.6) is 0 Å². The van der Waals surface area contributed by atoms with Crippen LogP contribution in [0.3, 0.4) is 0 Å². The van der Waals surface area contributed by atoms with E-state index in [2.05, 4.69) is 0 Å². The van der Waals surface area contributed by atoms with Gasteiger partial charge in [-0.25, -0.2) is 0 Å². The zero-order valence-corrected chi connectivity index (χ0v) is 11.1. The Kier molecular flexibility index (Phi) is 5.88. The Hall–Kier alpha value is -2.19. The summed E-state index contributed by atoms with van der Waals surface area (Å²) in [6.07, 6.45) is 0. The Morgan fingerprint density at radius 1 is 1.50 bits per heavy atom. The quantitative estimate of drug-likeness (QED) is 0.517. The number of hydrogen-bond acceptors (Lipinski definition) is 6. The second-order valence-corrected chi connectivity index (χ2v) is 4.03. The molecule has 0 aromatic heterocycles. The molecule has 0 atom stereocenters. The van der Waals surface area contributed by atoms with Crippen LogP contribution in [0.25, 0.3) is 0 Å². The number of nitrogens with two attached hydrogens (primary N) is 1. The van der Waals surface area contributed by atoms with E-state index in [9.17, 15) is 14.9 Å². The molecule has 0 aliphatic carbocycles. The number of amides is 1. The minimum atomic E-state index is -0.670. The van der Waals surface area contributed by atoms with Crippen LogP contribution in [-0.4, -0.2) is 49.4 Å². The topological polar surface area (TPSA) is 119 Å². The van der Waals surface area contributed by atoms with E-state index in [4.69, 9.17) is 15.6 Å². The minimum Gasteiger partial charge on any atom is -0.395 e. The average Bonchev–Trinajstić information content (AvgIpc) is 2.42. The number of primary amides is 1. The fourth-order valence-electron chi connectivity index (χ4n) is 1.76. The second kappa shape index (κ2) is 7.41. The van der Waals surface area contributed by atoms with Gasteiger partial charge in [-0.3, -0.25) is 14.9 Å². The number of rotatable bonds is 8. The predicted molar refractivity (Wildman–Crippen MR) is 72.8 cm³/mol. The van der Waals surface area contributed by atoms with E-state index in [1.165, 1.54) is 25.3 Å². The molecule has 0 aliphatic heterocycles. The molecule has 1 aromatic rings. The fraction of sp³-hybridized carbons (Fsp3) is 0.417. The number of nitrogens with zero attached hydrogens (tertiary/aromatic N) is 2. The van der Waals surface area contributed by atoms with Crippen molar-refractivity contribution in [2.45, 2.75) is 0 Å². The number of aliphatic hydroxyl groups excluding tert-OH is 1. The maximum Gasteiger partial charge on any atom is 0.292 e. The molecule has 0 bridgehead atoms. The van der Waals surface area contributed by atoms with Gasteiger partial charge < -0.3 is 20.5 Å². The lowest BCUT2D eigenvalue weighted by Gasteiger charge is -2.23. The summed E-state index contributed by atoms with van der Waals surface area (Å²) in [7, 11) is 1.51. The summed E-state index contributed by atoms with van der Waals surface area (Å²) in [4.78, 5) is 23.3. The molecule has 0 spiro atoms. The van der Waals surface area contributed by atoms with Crippen LogP contribution < -0.4 is 10.6 Å². The van der Waals surface area contributed by atoms with Gasteiger partial charge in [0, 0.05) is 31.8 Å². The van der Waals surface area contributed by atoms with Gasteiger partial charge in [0.25, 0.3) is 5.69 Å². The van der Waals surface area contributed by atoms with Crippen LogP contribution in [0, 0.1) is 10.1 Å². The largest absolute Gasteiger partial charge is 0.395 e. The van der Waals surface area contributed by atoms with E-state index >= 15 is 0 Å². The molecule has 8 heteroatoms. The van der Waals surface area contributed by atoms with Crippen LogP contribution in [0.15, 0.2) is 18.2 Å². The molecule has 0 unspecified atom stereocenters. The van der Waals surface area contributed by atoms with E-state index in [0.717, 1.165) is 0 Å². The van der Waals surface area contributed by atoms with E-state index in [1.807, 2.05) is 0 Å². The molecule has 0 radical (unpaired) electrons. The third-order valence-corrected chi connectivity index (χ3v) is 2.73. The van der Waals surface area contributed by atoms with E-state index < -0.39 is 10.8 Å². The Balaban J connectivity index is 3.22. The lowest BCUT2D eigenvalue weighted by atomic mass is 10.1. The van der Waals surface area contributed by atoms with E-state index in [1.54, 1.807) is 4.90 Å². The van der Waals surface area contributed by atoms with Gasteiger partial charge in [0.15, 0.2) is 0 Å². The minimum absolute atomic E-state index is 0.153. The molecule has 0 fully saturated rings. The molecular formula is C12H17N3O5. The maximum absolute atomic E-state index is 11.2. The second-order valence-electron chi connectivity index (χ2n) is 4.03. The number of nitro groups is 1. The van der Waals surface area contributed by atoms with Crippen molar-refractivity contribution in [2.24, 2.45) is 5.73 Å². The summed E-state index contributed by atoms with van der Waals surface area (Å²) in [5, 5.41) is 20.1. The molecule has 1 rings (SSSR count). The monoisotopic (exact) mass is 283 g/mol. The number of benzene rings is 1. The molecule has 0 saturated carbocycles. The van der Waals surface area contributed by atoms with Crippen molar-refractivity contribution in [3.05, 3.63) is 33.9 Å². The van der Waals surface area contributed by atoms with Crippen molar-refractivity contribution in [1.82, 2.24) is 0 Å². The van der Waals surface area contributed by atoms with Gasteiger partial charge in [0.2, 0.25) is 5.91 Å². The van der Waals surface area contributed by atoms with E-state index in [0.29, 0.717) is 13.2 Å². The zero-order valence-electron chi connectivity index (χ0n) is 11.1. The lowest BCUT2D eigenvalue weighted by molar-refractivity contribution is -0.384. The molecule has 1 amide bonds. The van der Waals surface area contributed by atoms with Gasteiger partial charge in [0.1, 0.15) is 5.69 Å². The van der Waals surface area contributed by atoms with Crippen LogP contribution in [0.1, 0.15) is 10.4 Å². The lowest BCUT2D eigenvalue weighted by Crippen LogP contribution is -2.31. The number of nitro benzene ring substituents is 1. The van der Waals surface area contributed by atoms with Crippen molar-refractivity contribution in [3.63, 3.8) is 0 Å². The standard InChI is InChI=1S/C12H17N3O5/c1-20-7-5-14(4-6-16)11-8-9(12(13)17)2-3-10(11)15(18)19/h2-3,8,16H,4-7H2,1H3,(H2,13,17). The number of carbonyl (C=O) groups is 1. The molecule has 0 aliphatic rings. The highest BCUT2D eigenvalue weighted by atomic mass is 16.6. The third kappa shape index (κ3) is 3.90. The van der Waals surface area contributed by atoms with Crippen LogP contribution >= 0.6 is 0 Å². The first-order valence-electron chi connectivity index (χ1n) is 5.94. The van der Waals surface area contributed by atoms with Crippen molar-refractivity contribution in [3.8, 4) is 0 Å². The number of aliphatic hydroxyl groups is 1. The van der Waals surface area contributed by atoms with Crippen molar-refractivity contribution < 1.29 is 19.6 Å². The Bertz CT molecular complexity index is 492. The zero-order chi connectivity index (χ0) is 15.1. The number of carbonyl (C=O) groups excluding carboxylic acids is 1. The number of anilines is 1. The van der Waals surface area contributed by atoms with E-state index in [-0.39, 0.29) is 30.1 Å². The summed E-state index contributed by atoms with van der Waals surface area (Å²) in [5.41, 5.74) is 5.43. The molecular weight excluding hydrogens is 266 g/mol. The summed E-state index contributed by atoms with van der Waals surface area (Å²) < 4.78 is 4.93. The first-order valence-corrected chi connectivity index (χ1v) is 5.94. The normalized spacial score (nSPS) is 10.3. The Morgan fingerprint density at radius 3 is 2.70 bits per heavy atom. The van der Waals surface area contributed by atoms with Crippen LogP contribution in [0.2, 0.25) is 0 Å². The maximum atomic E-state index is 11.2. The third-order valence-electron chi connectivity index (χ3n) is 2.73. The highest BCUT2D eigenvalue weighted by Gasteiger charge is 2.20. The van der Waals surface area contributed by atoms with Crippen molar-refractivity contribution >= 4 is 17.3 Å². The number of ether oxygens (including phenoxy) is 1. The van der Waals surface area contributed by atoms with Gasteiger partial charge in [-0.1, -0.05) is 0 Å². The Labute approximate surface area is 115 Å². The first-order chi connectivity index (χ1) is 9.51. The first kappa shape index (κ1) is 15.9. The molecule has 20 heavy (non-hydrogen) atoms. The fourth-order valence-corrected chi connectivity index (χ4v) is 1.76. The van der Waals surface area contributed by atoms with Gasteiger partial charge in [-0.05, 0) is 12.1 Å². The van der Waals surface area contributed by atoms with Gasteiger partial charge in [-0.15, -0.1) is 0 Å². The summed E-state index contributed by atoms with van der Waals surface area (Å²) >= 11 is 0. The summed E-state index contributed by atoms with van der Waals surface area (Å²) in [5.74, 6) is -0.670. The number of methoxy groups -OCH3 is 1. The smallest absolute Gasteiger partial charge is 0.292 e. The molecule has 110 valence electrons. The summed E-state index contributed by atoms with van der Waals surface area (Å²) in [6.45, 7) is 0.687. The van der Waals surface area contributed by atoms with Crippen molar-refractivity contribution in [1.29, 1.82) is 0 Å². The van der Waals surface area contributed by atoms with Crippen LogP contribution in [-0.2, 0) is 4.74 Å². The molecule has 0 heterocycles. The summed E-state index contributed by atoms with van der Waals surface area (Å²) in [6, 6.07) is 3.88. The van der Waals surface area contributed by atoms with Gasteiger partial charge in [0.05, 0.1) is 18.1 Å². The molecule has 8 nitrogen and oxygen atoms in total. The average molecular weight is 283 g/mol. The highest BCUT2D eigenvalue weighted by Crippen LogP contribution is 2.29. The predicted octanol–water partition coefficient (Wildman–Crippen LogP) is 0.139.